The van der Waals surface area contributed by atoms with Crippen molar-refractivity contribution >= 4 is 29.9 Å². The average molecular weight is 400 g/mol. The molecule has 0 radical (unpaired) electrons. The van der Waals surface area contributed by atoms with Crippen LogP contribution >= 0.6 is 24.0 Å². The zero-order valence-electron chi connectivity index (χ0n) is 12.5. The highest BCUT2D eigenvalue weighted by Gasteiger charge is 2.06. The lowest BCUT2D eigenvalue weighted by molar-refractivity contribution is 0.463. The number of guanidine groups is 1. The Balaban J connectivity index is 0.00000220. The fourth-order valence-corrected chi connectivity index (χ4v) is 1.78. The largest absolute Gasteiger partial charge is 0.444 e. The van der Waals surface area contributed by atoms with Crippen molar-refractivity contribution in [2.75, 3.05) is 7.05 Å². The van der Waals surface area contributed by atoms with Crippen LogP contribution in [0.1, 0.15) is 22.9 Å². The molecule has 0 unspecified atom stereocenters. The second-order valence-corrected chi connectivity index (χ2v) is 4.51. The van der Waals surface area contributed by atoms with Gasteiger partial charge in [-0.3, -0.25) is 4.99 Å². The molecule has 1 aromatic heterocycles. The molecule has 0 saturated carbocycles. The second-order valence-electron chi connectivity index (χ2n) is 4.51. The Hall–Kier alpha value is -1.57. The number of nitrogens with zero attached hydrogens (tertiary/aromatic N) is 2. The Bertz CT molecular complexity index is 561. The molecule has 1 aromatic carbocycles. The minimum absolute atomic E-state index is 0. The number of aromatic nitrogens is 1. The Morgan fingerprint density at radius 2 is 1.81 bits per heavy atom. The van der Waals surface area contributed by atoms with E-state index in [0.29, 0.717) is 12.4 Å². The predicted molar refractivity (Wildman–Crippen MR) is 94.9 cm³/mol. The molecule has 21 heavy (non-hydrogen) atoms. The van der Waals surface area contributed by atoms with Gasteiger partial charge in [-0.15, -0.1) is 24.0 Å². The molecule has 0 saturated heterocycles. The van der Waals surface area contributed by atoms with Gasteiger partial charge in [0.2, 0.25) is 5.89 Å². The molecule has 2 rings (SSSR count). The van der Waals surface area contributed by atoms with Gasteiger partial charge in [-0.05, 0) is 19.4 Å². The summed E-state index contributed by atoms with van der Waals surface area (Å²) in [6.45, 7) is 5.09. The molecule has 0 aliphatic heterocycles. The number of aliphatic imine (C=N–C) groups is 1. The summed E-state index contributed by atoms with van der Waals surface area (Å²) in [5, 5.41) is 6.43. The van der Waals surface area contributed by atoms with E-state index < -0.39 is 0 Å². The first-order valence-corrected chi connectivity index (χ1v) is 6.60. The van der Waals surface area contributed by atoms with Crippen LogP contribution in [0.25, 0.3) is 0 Å². The fraction of sp³-hybridized carbons (Fsp3) is 0.333. The molecule has 1 heterocycles. The smallest absolute Gasteiger partial charge is 0.214 e. The maximum absolute atomic E-state index is 5.52. The molecule has 0 aliphatic rings. The Morgan fingerprint density at radius 1 is 1.14 bits per heavy atom. The summed E-state index contributed by atoms with van der Waals surface area (Å²) in [4.78, 5) is 8.50. The van der Waals surface area contributed by atoms with E-state index in [0.717, 1.165) is 24.0 Å². The summed E-state index contributed by atoms with van der Waals surface area (Å²) >= 11 is 0. The molecule has 0 bridgehead atoms. The first-order chi connectivity index (χ1) is 9.69. The molecule has 114 valence electrons. The van der Waals surface area contributed by atoms with Gasteiger partial charge >= 0.3 is 0 Å². The van der Waals surface area contributed by atoms with Crippen LogP contribution in [-0.2, 0) is 13.1 Å². The van der Waals surface area contributed by atoms with Gasteiger partial charge in [-0.2, -0.15) is 0 Å². The fourth-order valence-electron chi connectivity index (χ4n) is 1.78. The number of aryl methyl sites for hydroxylation is 2. The van der Waals surface area contributed by atoms with E-state index in [9.17, 15) is 0 Å². The van der Waals surface area contributed by atoms with Crippen LogP contribution < -0.4 is 10.6 Å². The molecule has 0 aliphatic carbocycles. The van der Waals surface area contributed by atoms with E-state index in [1.165, 1.54) is 5.56 Å². The molecule has 2 aromatic rings. The Morgan fingerprint density at radius 3 is 2.38 bits per heavy atom. The van der Waals surface area contributed by atoms with Crippen molar-refractivity contribution in [3.8, 4) is 0 Å². The van der Waals surface area contributed by atoms with Crippen LogP contribution in [0, 0.1) is 13.8 Å². The zero-order chi connectivity index (χ0) is 14.4. The number of hydrogen-bond acceptors (Lipinski definition) is 3. The van der Waals surface area contributed by atoms with Crippen molar-refractivity contribution in [3.63, 3.8) is 0 Å². The van der Waals surface area contributed by atoms with Gasteiger partial charge in [0.05, 0.1) is 12.2 Å². The quantitative estimate of drug-likeness (QED) is 0.471. The third-order valence-corrected chi connectivity index (χ3v) is 3.01. The minimum Gasteiger partial charge on any atom is -0.444 e. The first-order valence-electron chi connectivity index (χ1n) is 6.60. The van der Waals surface area contributed by atoms with Gasteiger partial charge in [-0.1, -0.05) is 30.3 Å². The molecule has 0 fully saturated rings. The molecule has 0 spiro atoms. The van der Waals surface area contributed by atoms with Crippen LogP contribution in [0.3, 0.4) is 0 Å². The van der Waals surface area contributed by atoms with Gasteiger partial charge in [0.15, 0.2) is 5.96 Å². The number of benzene rings is 1. The molecular formula is C15H21IN4O. The first kappa shape index (κ1) is 17.5. The standard InChI is InChI=1S/C15H20N4O.HI/c1-11-12(2)20-14(19-11)10-18-15(16-3)17-9-13-7-5-4-6-8-13;/h4-8H,9-10H2,1-3H3,(H2,16,17,18);1H. The maximum atomic E-state index is 5.52. The van der Waals surface area contributed by atoms with Gasteiger partial charge in [0.1, 0.15) is 5.76 Å². The number of oxazole rings is 1. The average Bonchev–Trinajstić information content (AvgIpc) is 2.79. The molecule has 0 amide bonds. The lowest BCUT2D eigenvalue weighted by Gasteiger charge is -2.10. The summed E-state index contributed by atoms with van der Waals surface area (Å²) < 4.78 is 5.52. The van der Waals surface area contributed by atoms with Crippen LogP contribution in [0.5, 0.6) is 0 Å². The minimum atomic E-state index is 0. The summed E-state index contributed by atoms with van der Waals surface area (Å²) in [5.74, 6) is 2.25. The van der Waals surface area contributed by atoms with Gasteiger partial charge in [-0.25, -0.2) is 4.98 Å². The monoisotopic (exact) mass is 400 g/mol. The summed E-state index contributed by atoms with van der Waals surface area (Å²) in [5.41, 5.74) is 2.13. The molecule has 2 N–H and O–H groups in total. The van der Waals surface area contributed by atoms with E-state index in [1.807, 2.05) is 32.0 Å². The lowest BCUT2D eigenvalue weighted by atomic mass is 10.2. The highest BCUT2D eigenvalue weighted by Crippen LogP contribution is 2.07. The molecular weight excluding hydrogens is 379 g/mol. The lowest BCUT2D eigenvalue weighted by Crippen LogP contribution is -2.36. The van der Waals surface area contributed by atoms with Crippen molar-refractivity contribution in [2.45, 2.75) is 26.9 Å². The van der Waals surface area contributed by atoms with Crippen molar-refractivity contribution in [2.24, 2.45) is 4.99 Å². The van der Waals surface area contributed by atoms with E-state index in [-0.39, 0.29) is 24.0 Å². The van der Waals surface area contributed by atoms with Gasteiger partial charge < -0.3 is 15.1 Å². The number of hydrogen-bond donors (Lipinski definition) is 2. The van der Waals surface area contributed by atoms with Crippen molar-refractivity contribution in [1.29, 1.82) is 0 Å². The van der Waals surface area contributed by atoms with E-state index in [2.05, 4.69) is 32.7 Å². The van der Waals surface area contributed by atoms with Crippen molar-refractivity contribution < 1.29 is 4.42 Å². The summed E-state index contributed by atoms with van der Waals surface area (Å²) in [6, 6.07) is 10.2. The molecule has 5 nitrogen and oxygen atoms in total. The summed E-state index contributed by atoms with van der Waals surface area (Å²) in [6.07, 6.45) is 0. The normalized spacial score (nSPS) is 10.9. The highest BCUT2D eigenvalue weighted by molar-refractivity contribution is 14.0. The summed E-state index contributed by atoms with van der Waals surface area (Å²) in [7, 11) is 1.74. The topological polar surface area (TPSA) is 62.5 Å². The third-order valence-electron chi connectivity index (χ3n) is 3.01. The van der Waals surface area contributed by atoms with Crippen molar-refractivity contribution in [1.82, 2.24) is 15.6 Å². The predicted octanol–water partition coefficient (Wildman–Crippen LogP) is 2.77. The number of nitrogens with one attached hydrogen (secondary N) is 2. The van der Waals surface area contributed by atoms with Gasteiger partial charge in [0, 0.05) is 13.6 Å². The van der Waals surface area contributed by atoms with Crippen LogP contribution in [0.4, 0.5) is 0 Å². The zero-order valence-corrected chi connectivity index (χ0v) is 14.8. The molecule has 6 heteroatoms. The second kappa shape index (κ2) is 8.66. The SMILES string of the molecule is CN=C(NCc1ccccc1)NCc1nc(C)c(C)o1.I. The van der Waals surface area contributed by atoms with Gasteiger partial charge in [0.25, 0.3) is 0 Å². The van der Waals surface area contributed by atoms with Crippen molar-refractivity contribution in [3.05, 3.63) is 53.2 Å². The van der Waals surface area contributed by atoms with E-state index in [4.69, 9.17) is 4.42 Å². The van der Waals surface area contributed by atoms with Crippen LogP contribution in [0.15, 0.2) is 39.7 Å². The van der Waals surface area contributed by atoms with Crippen LogP contribution in [0.2, 0.25) is 0 Å². The number of rotatable bonds is 4. The number of halogens is 1. The van der Waals surface area contributed by atoms with E-state index >= 15 is 0 Å². The Kier molecular flexibility index (Phi) is 7.21. The molecule has 0 atom stereocenters. The third kappa shape index (κ3) is 5.37. The highest BCUT2D eigenvalue weighted by atomic mass is 127. The van der Waals surface area contributed by atoms with E-state index in [1.54, 1.807) is 7.05 Å². The maximum Gasteiger partial charge on any atom is 0.214 e. The van der Waals surface area contributed by atoms with Crippen LogP contribution in [-0.4, -0.2) is 18.0 Å². The Labute approximate surface area is 142 Å².